The van der Waals surface area contributed by atoms with Crippen molar-refractivity contribution in [2.24, 2.45) is 5.73 Å². The van der Waals surface area contributed by atoms with Crippen LogP contribution in [0.25, 0.3) is 0 Å². The van der Waals surface area contributed by atoms with Crippen LogP contribution >= 0.6 is 0 Å². The lowest BCUT2D eigenvalue weighted by Crippen LogP contribution is -2.26. The van der Waals surface area contributed by atoms with E-state index in [0.29, 0.717) is 13.1 Å². The number of amides is 1. The van der Waals surface area contributed by atoms with Gasteiger partial charge in [-0.1, -0.05) is 6.07 Å². The summed E-state index contributed by atoms with van der Waals surface area (Å²) >= 11 is 0. The van der Waals surface area contributed by atoms with Crippen LogP contribution in [0.2, 0.25) is 0 Å². The first-order valence-electron chi connectivity index (χ1n) is 5.19. The Morgan fingerprint density at radius 2 is 2.12 bits per heavy atom. The number of benzene rings is 1. The summed E-state index contributed by atoms with van der Waals surface area (Å²) in [5, 5.41) is 2.66. The van der Waals surface area contributed by atoms with Crippen molar-refractivity contribution in [1.29, 1.82) is 0 Å². The van der Waals surface area contributed by atoms with Gasteiger partial charge in [0.15, 0.2) is 0 Å². The molecular formula is C11H16FN3O. The third-order valence-electron chi connectivity index (χ3n) is 2.21. The smallest absolute Gasteiger partial charge is 0.253 e. The minimum Gasteiger partial charge on any atom is -0.396 e. The largest absolute Gasteiger partial charge is 0.396 e. The molecule has 5 N–H and O–H groups in total. The van der Waals surface area contributed by atoms with Crippen molar-refractivity contribution in [2.45, 2.75) is 12.8 Å². The zero-order valence-electron chi connectivity index (χ0n) is 9.00. The maximum atomic E-state index is 13.1. The molecular weight excluding hydrogens is 209 g/mol. The molecule has 1 aromatic carbocycles. The van der Waals surface area contributed by atoms with Crippen molar-refractivity contribution < 1.29 is 9.18 Å². The van der Waals surface area contributed by atoms with Crippen LogP contribution in [0, 0.1) is 5.82 Å². The summed E-state index contributed by atoms with van der Waals surface area (Å²) < 4.78 is 13.1. The second kappa shape index (κ2) is 6.07. The third kappa shape index (κ3) is 3.20. The molecule has 0 unspecified atom stereocenters. The maximum absolute atomic E-state index is 13.1. The van der Waals surface area contributed by atoms with Crippen LogP contribution in [0.4, 0.5) is 10.1 Å². The van der Waals surface area contributed by atoms with E-state index in [-0.39, 0.29) is 17.2 Å². The molecule has 0 bridgehead atoms. The summed E-state index contributed by atoms with van der Waals surface area (Å²) in [5.41, 5.74) is 10.8. The van der Waals surface area contributed by atoms with Crippen LogP contribution in [0.1, 0.15) is 23.2 Å². The van der Waals surface area contributed by atoms with E-state index in [0.717, 1.165) is 12.8 Å². The zero-order valence-corrected chi connectivity index (χ0v) is 9.00. The Morgan fingerprint density at radius 3 is 2.81 bits per heavy atom. The summed E-state index contributed by atoms with van der Waals surface area (Å²) in [6, 6.07) is 4.18. The van der Waals surface area contributed by atoms with Crippen molar-refractivity contribution in [3.63, 3.8) is 0 Å². The molecule has 0 aromatic heterocycles. The predicted molar refractivity (Wildman–Crippen MR) is 61.4 cm³/mol. The van der Waals surface area contributed by atoms with E-state index in [2.05, 4.69) is 5.32 Å². The Hall–Kier alpha value is -1.62. The average molecular weight is 225 g/mol. The van der Waals surface area contributed by atoms with Crippen molar-refractivity contribution in [3.05, 3.63) is 29.6 Å². The van der Waals surface area contributed by atoms with E-state index in [9.17, 15) is 9.18 Å². The van der Waals surface area contributed by atoms with Crippen LogP contribution in [-0.2, 0) is 0 Å². The fourth-order valence-electron chi connectivity index (χ4n) is 1.30. The first-order valence-corrected chi connectivity index (χ1v) is 5.19. The topological polar surface area (TPSA) is 81.1 Å². The summed E-state index contributed by atoms with van der Waals surface area (Å²) in [4.78, 5) is 11.6. The molecule has 0 saturated heterocycles. The number of carbonyl (C=O) groups excluding carboxylic acids is 1. The van der Waals surface area contributed by atoms with Crippen LogP contribution in [-0.4, -0.2) is 19.0 Å². The highest BCUT2D eigenvalue weighted by Gasteiger charge is 2.11. The van der Waals surface area contributed by atoms with Crippen LogP contribution < -0.4 is 16.8 Å². The number of halogens is 1. The van der Waals surface area contributed by atoms with Crippen molar-refractivity contribution in [2.75, 3.05) is 18.8 Å². The lowest BCUT2D eigenvalue weighted by Gasteiger charge is -2.07. The molecule has 0 aliphatic heterocycles. The highest BCUT2D eigenvalue weighted by Crippen LogP contribution is 2.15. The lowest BCUT2D eigenvalue weighted by atomic mass is 10.1. The molecule has 5 heteroatoms. The summed E-state index contributed by atoms with van der Waals surface area (Å²) in [6.45, 7) is 1.12. The Kier molecular flexibility index (Phi) is 4.72. The monoisotopic (exact) mass is 225 g/mol. The van der Waals surface area contributed by atoms with Crippen LogP contribution in [0.3, 0.4) is 0 Å². The van der Waals surface area contributed by atoms with E-state index in [1.807, 2.05) is 0 Å². The molecule has 0 heterocycles. The summed E-state index contributed by atoms with van der Waals surface area (Å²) in [7, 11) is 0. The Balaban J connectivity index is 2.56. The molecule has 1 aromatic rings. The van der Waals surface area contributed by atoms with Gasteiger partial charge >= 0.3 is 0 Å². The number of anilines is 1. The number of hydrogen-bond acceptors (Lipinski definition) is 3. The number of hydrogen-bond donors (Lipinski definition) is 3. The zero-order chi connectivity index (χ0) is 12.0. The SMILES string of the molecule is NCCCCNC(=O)c1cccc(F)c1N. The van der Waals surface area contributed by atoms with E-state index >= 15 is 0 Å². The Labute approximate surface area is 93.8 Å². The second-order valence-corrected chi connectivity index (χ2v) is 3.45. The average Bonchev–Trinajstić information content (AvgIpc) is 2.28. The molecule has 1 rings (SSSR count). The van der Waals surface area contributed by atoms with Gasteiger partial charge in [0.25, 0.3) is 5.91 Å². The highest BCUT2D eigenvalue weighted by molar-refractivity contribution is 5.99. The third-order valence-corrected chi connectivity index (χ3v) is 2.21. The normalized spacial score (nSPS) is 10.1. The second-order valence-electron chi connectivity index (χ2n) is 3.45. The number of nitrogen functional groups attached to an aromatic ring is 1. The standard InChI is InChI=1S/C11H16FN3O/c12-9-5-3-4-8(10(9)14)11(16)15-7-2-1-6-13/h3-5H,1-2,6-7,13-14H2,(H,15,16). The minimum absolute atomic E-state index is 0.112. The molecule has 0 aliphatic rings. The molecule has 16 heavy (non-hydrogen) atoms. The molecule has 0 radical (unpaired) electrons. The lowest BCUT2D eigenvalue weighted by molar-refractivity contribution is 0.0953. The number of unbranched alkanes of at least 4 members (excludes halogenated alkanes) is 1. The van der Waals surface area contributed by atoms with Crippen molar-refractivity contribution >= 4 is 11.6 Å². The fraction of sp³-hybridized carbons (Fsp3) is 0.364. The minimum atomic E-state index is -0.574. The van der Waals surface area contributed by atoms with Gasteiger partial charge < -0.3 is 16.8 Å². The molecule has 0 atom stereocenters. The molecule has 1 amide bonds. The van der Waals surface area contributed by atoms with Gasteiger partial charge in [-0.25, -0.2) is 4.39 Å². The summed E-state index contributed by atoms with van der Waals surface area (Å²) in [5.74, 6) is -0.927. The molecule has 88 valence electrons. The van der Waals surface area contributed by atoms with E-state index in [4.69, 9.17) is 11.5 Å². The first-order chi connectivity index (χ1) is 7.66. The van der Waals surface area contributed by atoms with Gasteiger partial charge in [-0.3, -0.25) is 4.79 Å². The summed E-state index contributed by atoms with van der Waals surface area (Å²) in [6.07, 6.45) is 1.65. The number of nitrogens with two attached hydrogens (primary N) is 2. The highest BCUT2D eigenvalue weighted by atomic mass is 19.1. The van der Waals surface area contributed by atoms with E-state index in [1.165, 1.54) is 18.2 Å². The molecule has 4 nitrogen and oxygen atoms in total. The number of rotatable bonds is 5. The fourth-order valence-corrected chi connectivity index (χ4v) is 1.30. The molecule has 0 aliphatic carbocycles. The number of carbonyl (C=O) groups is 1. The Morgan fingerprint density at radius 1 is 1.38 bits per heavy atom. The number of nitrogens with one attached hydrogen (secondary N) is 1. The van der Waals surface area contributed by atoms with Crippen LogP contribution in [0.5, 0.6) is 0 Å². The number of para-hydroxylation sites is 1. The predicted octanol–water partition coefficient (Wildman–Crippen LogP) is 0.877. The van der Waals surface area contributed by atoms with Crippen LogP contribution in [0.15, 0.2) is 18.2 Å². The van der Waals surface area contributed by atoms with Crippen molar-refractivity contribution in [3.8, 4) is 0 Å². The van der Waals surface area contributed by atoms with Gasteiger partial charge in [-0.15, -0.1) is 0 Å². The van der Waals surface area contributed by atoms with Gasteiger partial charge in [-0.05, 0) is 31.5 Å². The van der Waals surface area contributed by atoms with Gasteiger partial charge in [-0.2, -0.15) is 0 Å². The van der Waals surface area contributed by atoms with Gasteiger partial charge in [0.2, 0.25) is 0 Å². The Bertz CT molecular complexity index is 368. The molecule has 0 saturated carbocycles. The van der Waals surface area contributed by atoms with E-state index < -0.39 is 5.82 Å². The first kappa shape index (κ1) is 12.4. The quantitative estimate of drug-likeness (QED) is 0.514. The van der Waals surface area contributed by atoms with Gasteiger partial charge in [0, 0.05) is 6.54 Å². The molecule has 0 fully saturated rings. The molecule has 0 spiro atoms. The maximum Gasteiger partial charge on any atom is 0.253 e. The van der Waals surface area contributed by atoms with Crippen molar-refractivity contribution in [1.82, 2.24) is 5.32 Å². The van der Waals surface area contributed by atoms with Gasteiger partial charge in [0.1, 0.15) is 5.82 Å². The van der Waals surface area contributed by atoms with Gasteiger partial charge in [0.05, 0.1) is 11.3 Å². The van der Waals surface area contributed by atoms with E-state index in [1.54, 1.807) is 0 Å².